The zero-order chi connectivity index (χ0) is 18.3. The largest absolute Gasteiger partial charge is 0.481 e. The van der Waals surface area contributed by atoms with Crippen molar-refractivity contribution in [2.24, 2.45) is 5.73 Å². The first-order chi connectivity index (χ1) is 11.7. The maximum Gasteiger partial charge on any atom is 0.303 e. The van der Waals surface area contributed by atoms with Crippen LogP contribution in [0.25, 0.3) is 0 Å². The molecular weight excluding hydrogens is 406 g/mol. The number of rotatable bonds is 17. The molecule has 0 saturated heterocycles. The molecule has 0 spiro atoms. The molecule has 0 atom stereocenters. The van der Waals surface area contributed by atoms with E-state index in [9.17, 15) is 4.79 Å². The molecule has 0 aliphatic heterocycles. The first-order valence-electron chi connectivity index (χ1n) is 10.6. The van der Waals surface area contributed by atoms with Crippen molar-refractivity contribution < 1.29 is 32.3 Å². The van der Waals surface area contributed by atoms with Gasteiger partial charge in [-0.3, -0.25) is 4.79 Å². The summed E-state index contributed by atoms with van der Waals surface area (Å²) in [6, 6.07) is 0. The molecule has 0 aliphatic rings. The van der Waals surface area contributed by atoms with Crippen molar-refractivity contribution in [1.82, 2.24) is 0 Å². The number of carbonyl (C=O) groups is 1. The number of hydrogen-bond donors (Lipinski definition) is 2. The maximum absolute atomic E-state index is 9.76. The zero-order valence-corrected chi connectivity index (χ0v) is 18.4. The second-order valence-corrected chi connectivity index (χ2v) is 6.88. The van der Waals surface area contributed by atoms with Crippen LogP contribution < -0.4 is 5.73 Å². The molecule has 0 unspecified atom stereocenters. The van der Waals surface area contributed by atoms with Crippen LogP contribution in [0.15, 0.2) is 0 Å². The minimum Gasteiger partial charge on any atom is -0.481 e. The van der Waals surface area contributed by atoms with Gasteiger partial charge in [-0.2, -0.15) is 0 Å². The molecule has 0 aromatic carbocycles. The molecule has 157 valence electrons. The SMILES string of the molecule is CCCCC(=O)O.CCCCCCCCCCCCCCCCN.[Ag]. The van der Waals surface area contributed by atoms with Crippen LogP contribution in [-0.2, 0) is 27.2 Å². The smallest absolute Gasteiger partial charge is 0.303 e. The van der Waals surface area contributed by atoms with E-state index < -0.39 is 5.97 Å². The molecule has 0 amide bonds. The summed E-state index contributed by atoms with van der Waals surface area (Å²) in [5.74, 6) is -0.693. The van der Waals surface area contributed by atoms with Crippen molar-refractivity contribution >= 4 is 5.97 Å². The second kappa shape index (κ2) is 29.0. The Bertz CT molecular complexity index is 224. The first-order valence-corrected chi connectivity index (χ1v) is 10.6. The van der Waals surface area contributed by atoms with Crippen LogP contribution in [0.1, 0.15) is 123 Å². The van der Waals surface area contributed by atoms with E-state index >= 15 is 0 Å². The van der Waals surface area contributed by atoms with E-state index in [-0.39, 0.29) is 22.4 Å². The summed E-state index contributed by atoms with van der Waals surface area (Å²) in [6.07, 6.45) is 22.0. The van der Waals surface area contributed by atoms with E-state index in [1.54, 1.807) is 0 Å². The summed E-state index contributed by atoms with van der Waals surface area (Å²) in [7, 11) is 0. The number of hydrogen-bond acceptors (Lipinski definition) is 2. The Morgan fingerprint density at radius 1 is 0.640 bits per heavy atom. The van der Waals surface area contributed by atoms with Crippen LogP contribution in [0.2, 0.25) is 0 Å². The van der Waals surface area contributed by atoms with Crippen LogP contribution >= 0.6 is 0 Å². The van der Waals surface area contributed by atoms with Gasteiger partial charge >= 0.3 is 5.97 Å². The van der Waals surface area contributed by atoms with Crippen LogP contribution in [0.4, 0.5) is 0 Å². The van der Waals surface area contributed by atoms with E-state index in [0.717, 1.165) is 19.4 Å². The molecule has 0 heterocycles. The molecule has 3 nitrogen and oxygen atoms in total. The summed E-state index contributed by atoms with van der Waals surface area (Å²) in [5, 5.41) is 8.04. The monoisotopic (exact) mass is 450 g/mol. The van der Waals surface area contributed by atoms with Crippen molar-refractivity contribution in [2.75, 3.05) is 6.54 Å². The van der Waals surface area contributed by atoms with Crippen molar-refractivity contribution in [3.05, 3.63) is 0 Å². The van der Waals surface area contributed by atoms with Gasteiger partial charge < -0.3 is 10.8 Å². The van der Waals surface area contributed by atoms with Gasteiger partial charge in [0.25, 0.3) is 0 Å². The fraction of sp³-hybridized carbons (Fsp3) is 0.952. The quantitative estimate of drug-likeness (QED) is 0.191. The fourth-order valence-corrected chi connectivity index (χ4v) is 2.67. The number of carboxylic acids is 1. The Hall–Kier alpha value is 0.170. The third-order valence-corrected chi connectivity index (χ3v) is 4.30. The Morgan fingerprint density at radius 3 is 1.20 bits per heavy atom. The van der Waals surface area contributed by atoms with Crippen LogP contribution in [0.3, 0.4) is 0 Å². The topological polar surface area (TPSA) is 63.3 Å². The average molecular weight is 451 g/mol. The summed E-state index contributed by atoms with van der Waals surface area (Å²) in [6.45, 7) is 5.13. The van der Waals surface area contributed by atoms with Gasteiger partial charge in [-0.1, -0.05) is 104 Å². The molecule has 3 N–H and O–H groups in total. The number of carboxylic acid groups (broad SMARTS) is 1. The maximum atomic E-state index is 9.76. The molecule has 0 aliphatic carbocycles. The van der Waals surface area contributed by atoms with Gasteiger partial charge in [0, 0.05) is 28.8 Å². The standard InChI is InChI=1S/C16H35N.C5H10O2.Ag/c1-2-3-4-5-6-7-8-9-10-11-12-13-14-15-16-17;1-2-3-4-5(6)7;/h2-17H2,1H3;2-4H2,1H3,(H,6,7);. The van der Waals surface area contributed by atoms with E-state index in [1.807, 2.05) is 6.92 Å². The first kappa shape index (κ1) is 29.9. The van der Waals surface area contributed by atoms with Gasteiger partial charge in [-0.25, -0.2) is 0 Å². The zero-order valence-electron chi connectivity index (χ0n) is 17.0. The van der Waals surface area contributed by atoms with E-state index in [4.69, 9.17) is 10.8 Å². The van der Waals surface area contributed by atoms with Crippen LogP contribution in [0.5, 0.6) is 0 Å². The van der Waals surface area contributed by atoms with E-state index in [2.05, 4.69) is 6.92 Å². The minimum absolute atomic E-state index is 0. The molecule has 0 fully saturated rings. The minimum atomic E-state index is -0.693. The van der Waals surface area contributed by atoms with Gasteiger partial charge in [-0.15, -0.1) is 0 Å². The number of nitrogens with two attached hydrogens (primary N) is 1. The summed E-state index contributed by atoms with van der Waals surface area (Å²) >= 11 is 0. The second-order valence-electron chi connectivity index (χ2n) is 6.88. The summed E-state index contributed by atoms with van der Waals surface area (Å²) in [4.78, 5) is 9.76. The molecule has 0 aromatic heterocycles. The van der Waals surface area contributed by atoms with Gasteiger partial charge in [0.1, 0.15) is 0 Å². The molecule has 1 radical (unpaired) electrons. The van der Waals surface area contributed by atoms with E-state index in [0.29, 0.717) is 6.42 Å². The molecule has 0 rings (SSSR count). The molecule has 0 aromatic rings. The predicted octanol–water partition coefficient (Wildman–Crippen LogP) is 6.69. The molecule has 0 bridgehead atoms. The molecule has 0 saturated carbocycles. The molecule has 25 heavy (non-hydrogen) atoms. The van der Waals surface area contributed by atoms with E-state index in [1.165, 1.54) is 89.9 Å². The summed E-state index contributed by atoms with van der Waals surface area (Å²) in [5.41, 5.74) is 5.47. The number of aliphatic carboxylic acids is 1. The molecule has 4 heteroatoms. The van der Waals surface area contributed by atoms with Gasteiger partial charge in [-0.05, 0) is 19.4 Å². The summed E-state index contributed by atoms with van der Waals surface area (Å²) < 4.78 is 0. The van der Waals surface area contributed by atoms with Gasteiger partial charge in [0.2, 0.25) is 0 Å². The Labute approximate surface area is 173 Å². The normalized spacial score (nSPS) is 9.88. The van der Waals surface area contributed by atoms with Crippen molar-refractivity contribution in [2.45, 2.75) is 123 Å². The van der Waals surface area contributed by atoms with Crippen molar-refractivity contribution in [1.29, 1.82) is 0 Å². The Balaban J connectivity index is -0.000000513. The van der Waals surface area contributed by atoms with Crippen molar-refractivity contribution in [3.63, 3.8) is 0 Å². The van der Waals surface area contributed by atoms with Crippen LogP contribution in [0, 0.1) is 0 Å². The third-order valence-electron chi connectivity index (χ3n) is 4.30. The average Bonchev–Trinajstić information content (AvgIpc) is 2.58. The Morgan fingerprint density at radius 2 is 0.960 bits per heavy atom. The number of unbranched alkanes of at least 4 members (excludes halogenated alkanes) is 14. The molecular formula is C21H45AgNO2. The van der Waals surface area contributed by atoms with Crippen LogP contribution in [-0.4, -0.2) is 17.6 Å². The van der Waals surface area contributed by atoms with Gasteiger partial charge in [0.15, 0.2) is 0 Å². The predicted molar refractivity (Wildman–Crippen MR) is 107 cm³/mol. The Kier molecular flexibility index (Phi) is 34.6. The van der Waals surface area contributed by atoms with Crippen molar-refractivity contribution in [3.8, 4) is 0 Å². The fourth-order valence-electron chi connectivity index (χ4n) is 2.67. The van der Waals surface area contributed by atoms with Gasteiger partial charge in [0.05, 0.1) is 0 Å². The third kappa shape index (κ3) is 36.0.